The number of carbonyl (C=O) groups is 2. The second kappa shape index (κ2) is 6.56. The topological polar surface area (TPSA) is 69.6 Å². The molecule has 1 saturated carbocycles. The number of carboxylic acid groups (broad SMARTS) is 1. The summed E-state index contributed by atoms with van der Waals surface area (Å²) in [6.07, 6.45) is 2.70. The van der Waals surface area contributed by atoms with Crippen molar-refractivity contribution in [3.8, 4) is 0 Å². The maximum atomic E-state index is 12.9. The molecular formula is C15H19FN2O3. The van der Waals surface area contributed by atoms with Crippen molar-refractivity contribution in [3.63, 3.8) is 0 Å². The molecule has 2 amide bonds. The molecule has 114 valence electrons. The number of carbonyl (C=O) groups excluding carboxylic acids is 1. The first kappa shape index (κ1) is 15.3. The van der Waals surface area contributed by atoms with E-state index < -0.39 is 5.97 Å². The van der Waals surface area contributed by atoms with E-state index in [0.717, 1.165) is 12.8 Å². The molecule has 1 aromatic carbocycles. The molecule has 21 heavy (non-hydrogen) atoms. The predicted octanol–water partition coefficient (Wildman–Crippen LogP) is 2.61. The van der Waals surface area contributed by atoms with E-state index in [4.69, 9.17) is 5.11 Å². The Morgan fingerprint density at radius 2 is 1.95 bits per heavy atom. The van der Waals surface area contributed by atoms with Gasteiger partial charge in [0.2, 0.25) is 0 Å². The van der Waals surface area contributed by atoms with Gasteiger partial charge >= 0.3 is 12.0 Å². The van der Waals surface area contributed by atoms with Crippen molar-refractivity contribution in [2.24, 2.45) is 5.92 Å². The molecule has 2 atom stereocenters. The van der Waals surface area contributed by atoms with Gasteiger partial charge in [0.05, 0.1) is 5.92 Å². The lowest BCUT2D eigenvalue weighted by Gasteiger charge is -2.29. The predicted molar refractivity (Wildman–Crippen MR) is 76.7 cm³/mol. The molecule has 1 fully saturated rings. The van der Waals surface area contributed by atoms with Crippen LogP contribution in [0.4, 0.5) is 14.9 Å². The number of nitrogens with one attached hydrogen (secondary N) is 1. The first-order valence-electron chi connectivity index (χ1n) is 7.00. The van der Waals surface area contributed by atoms with Crippen LogP contribution in [0.1, 0.15) is 25.7 Å². The molecule has 0 aliphatic heterocycles. The van der Waals surface area contributed by atoms with E-state index in [9.17, 15) is 14.0 Å². The lowest BCUT2D eigenvalue weighted by molar-refractivity contribution is -0.143. The fraction of sp³-hybridized carbons (Fsp3) is 0.467. The van der Waals surface area contributed by atoms with E-state index in [1.54, 1.807) is 7.05 Å². The molecule has 0 saturated heterocycles. The summed E-state index contributed by atoms with van der Waals surface area (Å²) < 4.78 is 12.9. The molecule has 2 N–H and O–H groups in total. The maximum Gasteiger partial charge on any atom is 0.321 e. The van der Waals surface area contributed by atoms with E-state index in [2.05, 4.69) is 5.32 Å². The summed E-state index contributed by atoms with van der Waals surface area (Å²) in [4.78, 5) is 24.6. The number of hydrogen-bond donors (Lipinski definition) is 2. The Labute approximate surface area is 122 Å². The van der Waals surface area contributed by atoms with E-state index in [-0.39, 0.29) is 23.8 Å². The third kappa shape index (κ3) is 3.93. The number of hydrogen-bond acceptors (Lipinski definition) is 2. The van der Waals surface area contributed by atoms with Gasteiger partial charge in [0.1, 0.15) is 5.82 Å². The molecule has 2 unspecified atom stereocenters. The van der Waals surface area contributed by atoms with Crippen LogP contribution in [-0.4, -0.2) is 30.2 Å². The summed E-state index contributed by atoms with van der Waals surface area (Å²) in [5, 5.41) is 11.9. The Bertz CT molecular complexity index is 518. The number of aliphatic carboxylic acids is 1. The Kier molecular flexibility index (Phi) is 4.77. The highest BCUT2D eigenvalue weighted by Crippen LogP contribution is 2.24. The van der Waals surface area contributed by atoms with Gasteiger partial charge in [-0.25, -0.2) is 9.18 Å². The quantitative estimate of drug-likeness (QED) is 0.900. The van der Waals surface area contributed by atoms with Crippen LogP contribution in [0.25, 0.3) is 0 Å². The minimum atomic E-state index is -0.805. The van der Waals surface area contributed by atoms with Gasteiger partial charge < -0.3 is 10.4 Å². The zero-order chi connectivity index (χ0) is 15.4. The van der Waals surface area contributed by atoms with Gasteiger partial charge in [-0.3, -0.25) is 9.69 Å². The van der Waals surface area contributed by atoms with Crippen LogP contribution in [-0.2, 0) is 4.79 Å². The number of rotatable bonds is 3. The summed E-state index contributed by atoms with van der Waals surface area (Å²) in [7, 11) is 1.60. The Balaban J connectivity index is 1.94. The molecule has 0 bridgehead atoms. The normalized spacial score (nSPS) is 21.6. The molecule has 6 heteroatoms. The molecule has 5 nitrogen and oxygen atoms in total. The highest BCUT2D eigenvalue weighted by Gasteiger charge is 2.28. The molecule has 1 aromatic rings. The standard InChI is InChI=1S/C15H19FN2O3/c1-18(13-7-5-11(16)6-8-13)15(21)17-12-4-2-3-10(9-12)14(19)20/h5-8,10,12H,2-4,9H2,1H3,(H,17,21)(H,19,20). The number of benzene rings is 1. The van der Waals surface area contributed by atoms with Crippen LogP contribution in [0, 0.1) is 11.7 Å². The van der Waals surface area contributed by atoms with Crippen molar-refractivity contribution in [3.05, 3.63) is 30.1 Å². The molecule has 2 rings (SSSR count). The second-order valence-electron chi connectivity index (χ2n) is 5.38. The third-order valence-electron chi connectivity index (χ3n) is 3.87. The van der Waals surface area contributed by atoms with Gasteiger partial charge in [0.15, 0.2) is 0 Å². The van der Waals surface area contributed by atoms with Crippen LogP contribution < -0.4 is 10.2 Å². The molecule has 1 aliphatic carbocycles. The van der Waals surface area contributed by atoms with E-state index >= 15 is 0 Å². The molecule has 0 radical (unpaired) electrons. The number of carboxylic acids is 1. The SMILES string of the molecule is CN(C(=O)NC1CCCC(C(=O)O)C1)c1ccc(F)cc1. The van der Waals surface area contributed by atoms with Crippen molar-refractivity contribution in [1.82, 2.24) is 5.32 Å². The minimum Gasteiger partial charge on any atom is -0.481 e. The smallest absolute Gasteiger partial charge is 0.321 e. The van der Waals surface area contributed by atoms with Crippen molar-refractivity contribution in [1.29, 1.82) is 0 Å². The van der Waals surface area contributed by atoms with Gasteiger partial charge in [0, 0.05) is 18.8 Å². The van der Waals surface area contributed by atoms with Crippen LogP contribution in [0.15, 0.2) is 24.3 Å². The largest absolute Gasteiger partial charge is 0.481 e. The van der Waals surface area contributed by atoms with Gasteiger partial charge in [-0.05, 0) is 43.5 Å². The lowest BCUT2D eigenvalue weighted by atomic mass is 9.86. The number of anilines is 1. The van der Waals surface area contributed by atoms with Gasteiger partial charge in [0.25, 0.3) is 0 Å². The molecular weight excluding hydrogens is 275 g/mol. The maximum absolute atomic E-state index is 12.9. The second-order valence-corrected chi connectivity index (χ2v) is 5.38. The van der Waals surface area contributed by atoms with Gasteiger partial charge in [-0.15, -0.1) is 0 Å². The molecule has 0 spiro atoms. The Morgan fingerprint density at radius 1 is 1.29 bits per heavy atom. The highest BCUT2D eigenvalue weighted by atomic mass is 19.1. The van der Waals surface area contributed by atoms with Crippen molar-refractivity contribution >= 4 is 17.7 Å². The van der Waals surface area contributed by atoms with Crippen molar-refractivity contribution in [2.75, 3.05) is 11.9 Å². The highest BCUT2D eigenvalue weighted by molar-refractivity contribution is 5.91. The average Bonchev–Trinajstić information content (AvgIpc) is 2.47. The first-order chi connectivity index (χ1) is 9.97. The Hall–Kier alpha value is -2.11. The minimum absolute atomic E-state index is 0.129. The fourth-order valence-electron chi connectivity index (χ4n) is 2.60. The van der Waals surface area contributed by atoms with Crippen LogP contribution in [0.3, 0.4) is 0 Å². The summed E-state index contributed by atoms with van der Waals surface area (Å²) in [6.45, 7) is 0. The van der Waals surface area contributed by atoms with Crippen molar-refractivity contribution in [2.45, 2.75) is 31.7 Å². The average molecular weight is 294 g/mol. The number of amides is 2. The van der Waals surface area contributed by atoms with E-state index in [0.29, 0.717) is 18.5 Å². The van der Waals surface area contributed by atoms with E-state index in [1.807, 2.05) is 0 Å². The van der Waals surface area contributed by atoms with Gasteiger partial charge in [-0.2, -0.15) is 0 Å². The molecule has 0 aromatic heterocycles. The summed E-state index contributed by atoms with van der Waals surface area (Å²) in [6, 6.07) is 5.19. The summed E-state index contributed by atoms with van der Waals surface area (Å²) in [5.41, 5.74) is 0.583. The zero-order valence-electron chi connectivity index (χ0n) is 11.9. The monoisotopic (exact) mass is 294 g/mol. The third-order valence-corrected chi connectivity index (χ3v) is 3.87. The number of halogens is 1. The number of nitrogens with zero attached hydrogens (tertiary/aromatic N) is 1. The van der Waals surface area contributed by atoms with Crippen LogP contribution in [0.2, 0.25) is 0 Å². The molecule has 0 heterocycles. The summed E-state index contributed by atoms with van der Waals surface area (Å²) >= 11 is 0. The van der Waals surface area contributed by atoms with Gasteiger partial charge in [-0.1, -0.05) is 6.42 Å². The molecule has 1 aliphatic rings. The number of urea groups is 1. The zero-order valence-corrected chi connectivity index (χ0v) is 11.9. The Morgan fingerprint density at radius 3 is 2.57 bits per heavy atom. The fourth-order valence-corrected chi connectivity index (χ4v) is 2.60. The summed E-state index contributed by atoms with van der Waals surface area (Å²) in [5.74, 6) is -1.55. The van der Waals surface area contributed by atoms with E-state index in [1.165, 1.54) is 29.2 Å². The van der Waals surface area contributed by atoms with Crippen LogP contribution >= 0.6 is 0 Å². The van der Waals surface area contributed by atoms with Crippen LogP contribution in [0.5, 0.6) is 0 Å². The first-order valence-corrected chi connectivity index (χ1v) is 7.00. The lowest BCUT2D eigenvalue weighted by Crippen LogP contribution is -2.45. The van der Waals surface area contributed by atoms with Crippen molar-refractivity contribution < 1.29 is 19.1 Å².